The Balaban J connectivity index is 0.0000102. The van der Waals surface area contributed by atoms with E-state index >= 15 is 0 Å². The number of fused-ring (bicyclic) bond motifs is 16. The molecule has 5 aromatic rings. The predicted octanol–water partition coefficient (Wildman–Crippen LogP) is 11.5. The van der Waals surface area contributed by atoms with Crippen LogP contribution < -0.4 is 88.5 Å². The molecular formula is C72H96LiN8O8. The molecule has 4 aliphatic rings. The van der Waals surface area contributed by atoms with Crippen molar-refractivity contribution in [2.45, 2.75) is 209 Å². The molecule has 0 N–H and O–H groups in total. The minimum atomic E-state index is 0. The molecule has 0 fully saturated rings. The third kappa shape index (κ3) is 17.8. The van der Waals surface area contributed by atoms with Crippen LogP contribution >= 0.6 is 0 Å². The Bertz CT molecular complexity index is 3330. The fourth-order valence-electron chi connectivity index (χ4n) is 10.9. The van der Waals surface area contributed by atoms with Crippen LogP contribution in [-0.2, 0) is 0 Å². The van der Waals surface area contributed by atoms with Gasteiger partial charge in [0.05, 0.1) is 64.5 Å². The number of benzene rings is 4. The molecule has 16 nitrogen and oxygen atoms in total. The summed E-state index contributed by atoms with van der Waals surface area (Å²) in [5.41, 5.74) is 3.65. The quantitative estimate of drug-likeness (QED) is 0.0273. The zero-order valence-electron chi connectivity index (χ0n) is 55.1. The largest absolute Gasteiger partial charge is 1.00 e. The maximum absolute atomic E-state index is 6.64. The second-order valence-electron chi connectivity index (χ2n) is 23.3. The van der Waals surface area contributed by atoms with E-state index in [9.17, 15) is 0 Å². The average molecular weight is 1210 g/mol. The van der Waals surface area contributed by atoms with E-state index in [1.165, 1.54) is 0 Å². The van der Waals surface area contributed by atoms with Crippen molar-refractivity contribution < 1.29 is 56.8 Å². The van der Waals surface area contributed by atoms with Gasteiger partial charge in [-0.1, -0.05) is 158 Å². The minimum absolute atomic E-state index is 0. The maximum atomic E-state index is 6.64. The number of ether oxygens (including phenoxy) is 8. The molecule has 4 aliphatic heterocycles. The van der Waals surface area contributed by atoms with Crippen LogP contribution in [0.5, 0.6) is 46.0 Å². The fourth-order valence-corrected chi connectivity index (χ4v) is 10.9. The molecular weight excluding hydrogens is 1110 g/mol. The third-order valence-electron chi connectivity index (χ3n) is 16.0. The Morgan fingerprint density at radius 2 is 0.494 bits per heavy atom. The molecule has 0 spiro atoms. The molecule has 0 saturated heterocycles. The minimum Gasteiger partial charge on any atom is -0.490 e. The first-order valence-corrected chi connectivity index (χ1v) is 33.8. The summed E-state index contributed by atoms with van der Waals surface area (Å²) in [5, 5.41) is 8.21. The van der Waals surface area contributed by atoms with Crippen LogP contribution in [0, 0.1) is 0 Å². The molecule has 0 saturated carbocycles. The van der Waals surface area contributed by atoms with Gasteiger partial charge in [-0.05, 0) is 111 Å². The number of amidine groups is 4. The van der Waals surface area contributed by atoms with Crippen molar-refractivity contribution in [3.63, 3.8) is 0 Å². The SMILES string of the molecule is CCCCCOc1cc2c(cc1OCCCCC)C1=NC3=c4cc(OCCCCC)c(OCCCCC)cc4=C([N]3)N=C3N=C(N=c4[n-]c(c5cc(OCCCCC)c(OCCCCC)cc45)=NC2=N1)c1cc(OCCCCC)c(OCCCCC)cc13.[Li+]. The van der Waals surface area contributed by atoms with Crippen molar-refractivity contribution in [1.29, 1.82) is 0 Å². The molecule has 17 heteroatoms. The summed E-state index contributed by atoms with van der Waals surface area (Å²) in [5.74, 6) is 7.32. The van der Waals surface area contributed by atoms with E-state index in [2.05, 4.69) is 55.4 Å². The van der Waals surface area contributed by atoms with Crippen molar-refractivity contribution in [2.75, 3.05) is 52.9 Å². The number of unbranched alkanes of at least 4 members (excludes halogenated alkanes) is 16. The summed E-state index contributed by atoms with van der Waals surface area (Å²) in [6, 6.07) is 16.0. The molecule has 5 heterocycles. The summed E-state index contributed by atoms with van der Waals surface area (Å²) >= 11 is 0. The van der Waals surface area contributed by atoms with Crippen LogP contribution in [0.1, 0.15) is 232 Å². The Hall–Kier alpha value is -6.76. The molecule has 4 aromatic carbocycles. The molecule has 1 aromatic heterocycles. The molecule has 0 unspecified atom stereocenters. The van der Waals surface area contributed by atoms with Gasteiger partial charge in [-0.15, -0.1) is 0 Å². The number of aromatic nitrogens is 1. The second-order valence-corrected chi connectivity index (χ2v) is 23.3. The average Bonchev–Trinajstić information content (AvgIpc) is 1.92. The van der Waals surface area contributed by atoms with Crippen molar-refractivity contribution in [2.24, 2.45) is 30.0 Å². The first kappa shape index (κ1) is 68.2. The summed E-state index contributed by atoms with van der Waals surface area (Å²) in [4.78, 5) is 37.8. The van der Waals surface area contributed by atoms with Crippen molar-refractivity contribution in [1.82, 2.24) is 10.3 Å². The van der Waals surface area contributed by atoms with Crippen LogP contribution in [0.3, 0.4) is 0 Å². The van der Waals surface area contributed by atoms with E-state index in [0.29, 0.717) is 188 Å². The van der Waals surface area contributed by atoms with Gasteiger partial charge in [0.15, 0.2) is 69.3 Å². The summed E-state index contributed by atoms with van der Waals surface area (Å²) in [7, 11) is 0. The summed E-state index contributed by atoms with van der Waals surface area (Å²) < 4.78 is 53.1. The predicted molar refractivity (Wildman–Crippen MR) is 353 cm³/mol. The molecule has 8 bridgehead atoms. The van der Waals surface area contributed by atoms with Gasteiger partial charge in [-0.2, -0.15) is 0 Å². The Morgan fingerprint density at radius 3 is 0.742 bits per heavy atom. The first-order valence-electron chi connectivity index (χ1n) is 33.8. The normalized spacial score (nSPS) is 13.4. The fraction of sp³-hybridized carbons (Fsp3) is 0.556. The third-order valence-corrected chi connectivity index (χ3v) is 16.0. The van der Waals surface area contributed by atoms with Gasteiger partial charge in [-0.3, -0.25) is 0 Å². The van der Waals surface area contributed by atoms with Crippen molar-refractivity contribution in [3.8, 4) is 46.0 Å². The van der Waals surface area contributed by atoms with E-state index < -0.39 is 0 Å². The molecule has 89 heavy (non-hydrogen) atoms. The van der Waals surface area contributed by atoms with Crippen LogP contribution in [-0.4, -0.2) is 76.2 Å². The zero-order chi connectivity index (χ0) is 61.5. The Morgan fingerprint density at radius 1 is 0.270 bits per heavy atom. The standard InChI is InChI=1S/C72H96N8O8.Li/c1-9-17-25-33-81-57-41-49-50(42-58(57)82-34-26-18-10-2)66-73-65(49)77-67-51-43-59(83-35-27-19-11-3)60(84-36-28-20-12-4)44-52(51)69(74-67)79-71-55-47-63(87-39-31-23-15-7)64(88-40-32-24-16-8)48-56(55)72(76-71)80-70-54-46-62(86-38-30-22-14-6)61(85-37-29-21-13-5)45-53(54)68(75-70)78-66;/h41-48H,9-40H2,1-8H3;/q-1;+1. The maximum Gasteiger partial charge on any atom is 1.00 e. The summed E-state index contributed by atoms with van der Waals surface area (Å²) in [6.45, 7) is 21.8. The molecule has 9 rings (SSSR count). The van der Waals surface area contributed by atoms with E-state index in [4.69, 9.17) is 78.2 Å². The van der Waals surface area contributed by atoms with Gasteiger partial charge >= 0.3 is 18.9 Å². The van der Waals surface area contributed by atoms with Crippen LogP contribution in [0.15, 0.2) is 78.5 Å². The van der Waals surface area contributed by atoms with Gasteiger partial charge in [0.2, 0.25) is 0 Å². The van der Waals surface area contributed by atoms with Gasteiger partial charge in [0.1, 0.15) is 0 Å². The number of hydrogen-bond acceptors (Lipinski definition) is 14. The van der Waals surface area contributed by atoms with Crippen LogP contribution in [0.2, 0.25) is 0 Å². The molecule has 0 aliphatic carbocycles. The number of aliphatic imine (C=N–C) groups is 4. The Kier molecular flexibility index (Phi) is 27.2. The Labute approximate surface area is 540 Å². The number of hydrogen-bond donors (Lipinski definition) is 0. The van der Waals surface area contributed by atoms with Gasteiger partial charge < -0.3 is 52.9 Å². The first-order chi connectivity index (χ1) is 43.3. The van der Waals surface area contributed by atoms with Crippen molar-refractivity contribution in [3.05, 3.63) is 92.2 Å². The molecule has 0 amide bonds. The van der Waals surface area contributed by atoms with E-state index in [1.807, 2.05) is 48.5 Å². The second kappa shape index (κ2) is 35.6. The number of nitrogens with zero attached hydrogens (tertiary/aromatic N) is 8. The van der Waals surface area contributed by atoms with E-state index in [0.717, 1.165) is 154 Å². The summed E-state index contributed by atoms with van der Waals surface area (Å²) in [6.07, 6.45) is 24.1. The molecule has 473 valence electrons. The molecule has 0 atom stereocenters. The smallest absolute Gasteiger partial charge is 0.490 e. The van der Waals surface area contributed by atoms with Gasteiger partial charge in [0, 0.05) is 43.7 Å². The van der Waals surface area contributed by atoms with Crippen LogP contribution in [0.4, 0.5) is 0 Å². The van der Waals surface area contributed by atoms with Crippen molar-refractivity contribution >= 4 is 45.8 Å². The topological polar surface area (TPSA) is 176 Å². The van der Waals surface area contributed by atoms with E-state index in [1.54, 1.807) is 0 Å². The molecule has 1 radical (unpaired) electrons. The van der Waals surface area contributed by atoms with Gasteiger partial charge in [-0.25, -0.2) is 25.3 Å². The number of rotatable bonds is 40. The van der Waals surface area contributed by atoms with Crippen LogP contribution in [0.25, 0.3) is 22.4 Å². The van der Waals surface area contributed by atoms with E-state index in [-0.39, 0.29) is 18.9 Å². The monoisotopic (exact) mass is 1210 g/mol. The van der Waals surface area contributed by atoms with Gasteiger partial charge in [0.25, 0.3) is 0 Å². The zero-order valence-corrected chi connectivity index (χ0v) is 55.1.